The fourth-order valence-corrected chi connectivity index (χ4v) is 2.46. The van der Waals surface area contributed by atoms with Crippen molar-refractivity contribution in [2.24, 2.45) is 0 Å². The van der Waals surface area contributed by atoms with Crippen molar-refractivity contribution in [2.45, 2.75) is 39.2 Å². The van der Waals surface area contributed by atoms with Gasteiger partial charge in [-0.1, -0.05) is 12.1 Å². The summed E-state index contributed by atoms with van der Waals surface area (Å²) in [7, 11) is 0. The standard InChI is InChI=1S/C20H22F3N3O3/c1-12(2)24-19(28)26-16-8-4-15(5-9-16)18(27)25-13(3)14-6-10-17(11-7-14)29-20(21,22)23/h4-13H,1-3H3,(H,25,27)(H2,24,26,28). The van der Waals surface area contributed by atoms with E-state index in [0.29, 0.717) is 16.8 Å². The molecule has 0 spiro atoms. The summed E-state index contributed by atoms with van der Waals surface area (Å²) in [6.07, 6.45) is -4.75. The van der Waals surface area contributed by atoms with Crippen molar-refractivity contribution in [1.82, 2.24) is 10.6 Å². The van der Waals surface area contributed by atoms with E-state index in [2.05, 4.69) is 20.7 Å². The maximum atomic E-state index is 12.4. The molecule has 0 saturated heterocycles. The topological polar surface area (TPSA) is 79.5 Å². The highest BCUT2D eigenvalue weighted by Crippen LogP contribution is 2.24. The van der Waals surface area contributed by atoms with Gasteiger partial charge in [0.15, 0.2) is 0 Å². The van der Waals surface area contributed by atoms with Crippen LogP contribution in [0.3, 0.4) is 0 Å². The normalized spacial score (nSPS) is 12.2. The summed E-state index contributed by atoms with van der Waals surface area (Å²) in [5.41, 5.74) is 1.54. The van der Waals surface area contributed by atoms with Crippen LogP contribution in [0.4, 0.5) is 23.7 Å². The van der Waals surface area contributed by atoms with Gasteiger partial charge in [0, 0.05) is 17.3 Å². The number of alkyl halides is 3. The molecule has 0 saturated carbocycles. The minimum absolute atomic E-state index is 0.00405. The Labute approximate surface area is 166 Å². The van der Waals surface area contributed by atoms with E-state index in [1.807, 2.05) is 13.8 Å². The second kappa shape index (κ2) is 9.31. The van der Waals surface area contributed by atoms with Gasteiger partial charge in [0.25, 0.3) is 5.91 Å². The molecule has 3 amide bonds. The average molecular weight is 409 g/mol. The lowest BCUT2D eigenvalue weighted by atomic mass is 10.1. The molecule has 0 fully saturated rings. The van der Waals surface area contributed by atoms with E-state index in [4.69, 9.17) is 0 Å². The van der Waals surface area contributed by atoms with Crippen LogP contribution in [0.1, 0.15) is 42.7 Å². The van der Waals surface area contributed by atoms with Crippen LogP contribution in [0.15, 0.2) is 48.5 Å². The van der Waals surface area contributed by atoms with E-state index in [0.717, 1.165) is 0 Å². The summed E-state index contributed by atoms with van der Waals surface area (Å²) < 4.78 is 40.4. The molecule has 0 bridgehead atoms. The molecule has 2 aromatic carbocycles. The first-order chi connectivity index (χ1) is 13.5. The van der Waals surface area contributed by atoms with Crippen LogP contribution in [-0.4, -0.2) is 24.3 Å². The molecule has 0 aromatic heterocycles. The number of anilines is 1. The first-order valence-corrected chi connectivity index (χ1v) is 8.87. The number of hydrogen-bond acceptors (Lipinski definition) is 3. The van der Waals surface area contributed by atoms with Gasteiger partial charge in [-0.25, -0.2) is 4.79 Å². The summed E-state index contributed by atoms with van der Waals surface area (Å²) in [6, 6.07) is 10.8. The third-order valence-electron chi connectivity index (χ3n) is 3.79. The molecule has 0 heterocycles. The van der Waals surface area contributed by atoms with Gasteiger partial charge in [-0.15, -0.1) is 13.2 Å². The van der Waals surface area contributed by atoms with Crippen molar-refractivity contribution in [3.8, 4) is 5.75 Å². The fourth-order valence-electron chi connectivity index (χ4n) is 2.46. The summed E-state index contributed by atoms with van der Waals surface area (Å²) in [4.78, 5) is 24.0. The van der Waals surface area contributed by atoms with E-state index in [9.17, 15) is 22.8 Å². The number of nitrogens with one attached hydrogen (secondary N) is 3. The minimum Gasteiger partial charge on any atom is -0.406 e. The minimum atomic E-state index is -4.75. The Balaban J connectivity index is 1.94. The molecule has 1 atom stereocenters. The van der Waals surface area contributed by atoms with Crippen LogP contribution in [0, 0.1) is 0 Å². The smallest absolute Gasteiger partial charge is 0.406 e. The van der Waals surface area contributed by atoms with Gasteiger partial charge in [0.1, 0.15) is 5.75 Å². The van der Waals surface area contributed by atoms with Crippen LogP contribution in [0.2, 0.25) is 0 Å². The second-order valence-corrected chi connectivity index (χ2v) is 6.64. The average Bonchev–Trinajstić information content (AvgIpc) is 2.60. The second-order valence-electron chi connectivity index (χ2n) is 6.64. The van der Waals surface area contributed by atoms with Gasteiger partial charge in [0.05, 0.1) is 6.04 Å². The molecular formula is C20H22F3N3O3. The maximum Gasteiger partial charge on any atom is 0.573 e. The molecule has 6 nitrogen and oxygen atoms in total. The number of halogens is 3. The zero-order chi connectivity index (χ0) is 21.6. The molecule has 0 radical (unpaired) electrons. The molecule has 1 unspecified atom stereocenters. The van der Waals surface area contributed by atoms with Crippen LogP contribution in [-0.2, 0) is 0 Å². The first kappa shape index (κ1) is 22.1. The third-order valence-corrected chi connectivity index (χ3v) is 3.79. The Morgan fingerprint density at radius 3 is 2.00 bits per heavy atom. The zero-order valence-corrected chi connectivity index (χ0v) is 16.1. The number of urea groups is 1. The molecule has 9 heteroatoms. The molecule has 0 aliphatic rings. The van der Waals surface area contributed by atoms with Crippen molar-refractivity contribution in [2.75, 3.05) is 5.32 Å². The Kier molecular flexibility index (Phi) is 7.08. The van der Waals surface area contributed by atoms with Crippen molar-refractivity contribution >= 4 is 17.6 Å². The van der Waals surface area contributed by atoms with Crippen LogP contribution in [0.5, 0.6) is 5.75 Å². The third kappa shape index (κ3) is 7.36. The summed E-state index contributed by atoms with van der Waals surface area (Å²) in [5, 5.41) is 8.11. The molecule has 156 valence electrons. The number of carbonyl (C=O) groups is 2. The Hall–Kier alpha value is -3.23. The first-order valence-electron chi connectivity index (χ1n) is 8.87. The van der Waals surface area contributed by atoms with E-state index in [-0.39, 0.29) is 23.7 Å². The fraction of sp³-hybridized carbons (Fsp3) is 0.300. The molecule has 2 aromatic rings. The zero-order valence-electron chi connectivity index (χ0n) is 16.1. The van der Waals surface area contributed by atoms with Gasteiger partial charge < -0.3 is 20.7 Å². The number of hydrogen-bond donors (Lipinski definition) is 3. The van der Waals surface area contributed by atoms with Crippen LogP contribution < -0.4 is 20.7 Å². The van der Waals surface area contributed by atoms with E-state index in [1.165, 1.54) is 24.3 Å². The SMILES string of the molecule is CC(C)NC(=O)Nc1ccc(C(=O)NC(C)c2ccc(OC(F)(F)F)cc2)cc1. The van der Waals surface area contributed by atoms with E-state index in [1.54, 1.807) is 31.2 Å². The number of ether oxygens (including phenoxy) is 1. The molecule has 3 N–H and O–H groups in total. The highest BCUT2D eigenvalue weighted by atomic mass is 19.4. The van der Waals surface area contributed by atoms with Gasteiger partial charge in [-0.05, 0) is 62.7 Å². The van der Waals surface area contributed by atoms with Crippen molar-refractivity contribution in [3.05, 3.63) is 59.7 Å². The lowest BCUT2D eigenvalue weighted by Gasteiger charge is -2.16. The molecule has 0 aliphatic carbocycles. The number of rotatable bonds is 6. The van der Waals surface area contributed by atoms with E-state index >= 15 is 0 Å². The number of benzene rings is 2. The number of carbonyl (C=O) groups excluding carboxylic acids is 2. The van der Waals surface area contributed by atoms with Gasteiger partial charge in [0.2, 0.25) is 0 Å². The van der Waals surface area contributed by atoms with Gasteiger partial charge in [-0.3, -0.25) is 4.79 Å². The summed E-state index contributed by atoms with van der Waals surface area (Å²) in [6.45, 7) is 5.39. The highest BCUT2D eigenvalue weighted by Gasteiger charge is 2.31. The summed E-state index contributed by atoms with van der Waals surface area (Å²) in [5.74, 6) is -0.685. The summed E-state index contributed by atoms with van der Waals surface area (Å²) >= 11 is 0. The van der Waals surface area contributed by atoms with Crippen molar-refractivity contribution in [3.63, 3.8) is 0 Å². The Bertz CT molecular complexity index is 835. The van der Waals surface area contributed by atoms with Crippen LogP contribution in [0.25, 0.3) is 0 Å². The molecule has 29 heavy (non-hydrogen) atoms. The lowest BCUT2D eigenvalue weighted by Crippen LogP contribution is -2.34. The highest BCUT2D eigenvalue weighted by molar-refractivity contribution is 5.95. The lowest BCUT2D eigenvalue weighted by molar-refractivity contribution is -0.274. The predicted octanol–water partition coefficient (Wildman–Crippen LogP) is 4.61. The Morgan fingerprint density at radius 1 is 0.897 bits per heavy atom. The molecule has 2 rings (SSSR count). The van der Waals surface area contributed by atoms with Crippen molar-refractivity contribution < 1.29 is 27.5 Å². The molecular weight excluding hydrogens is 387 g/mol. The van der Waals surface area contributed by atoms with Crippen molar-refractivity contribution in [1.29, 1.82) is 0 Å². The predicted molar refractivity (Wildman–Crippen MR) is 103 cm³/mol. The maximum absolute atomic E-state index is 12.4. The number of amides is 3. The van der Waals surface area contributed by atoms with E-state index < -0.39 is 12.4 Å². The van der Waals surface area contributed by atoms with Gasteiger partial charge in [-0.2, -0.15) is 0 Å². The van der Waals surface area contributed by atoms with Gasteiger partial charge >= 0.3 is 12.4 Å². The molecule has 0 aliphatic heterocycles. The largest absolute Gasteiger partial charge is 0.573 e. The van der Waals surface area contributed by atoms with Crippen LogP contribution >= 0.6 is 0 Å². The quantitative estimate of drug-likeness (QED) is 0.652. The Morgan fingerprint density at radius 2 is 1.48 bits per heavy atom. The monoisotopic (exact) mass is 409 g/mol.